The zero-order valence-corrected chi connectivity index (χ0v) is 17.8. The molecule has 2 aromatic carbocycles. The largest absolute Gasteiger partial charge is 0.469 e. The summed E-state index contributed by atoms with van der Waals surface area (Å²) < 4.78 is 11.4. The summed E-state index contributed by atoms with van der Waals surface area (Å²) >= 11 is 0. The monoisotopic (exact) mass is 397 g/mol. The number of azide groups is 1. The van der Waals surface area contributed by atoms with Gasteiger partial charge in [0.2, 0.25) is 0 Å². The van der Waals surface area contributed by atoms with E-state index >= 15 is 0 Å². The molecule has 0 bridgehead atoms. The van der Waals surface area contributed by atoms with Gasteiger partial charge in [0.15, 0.2) is 0 Å². The maximum atomic E-state index is 11.7. The second-order valence-corrected chi connectivity index (χ2v) is 11.9. The molecule has 0 fully saturated rings. The average molecular weight is 398 g/mol. The molecule has 2 rings (SSSR count). The van der Waals surface area contributed by atoms with Crippen LogP contribution in [-0.4, -0.2) is 34.0 Å². The Balaban J connectivity index is 2.52. The van der Waals surface area contributed by atoms with E-state index in [1.165, 1.54) is 7.11 Å². The van der Waals surface area contributed by atoms with E-state index in [1.807, 2.05) is 36.4 Å². The molecule has 0 aliphatic rings. The third-order valence-corrected chi connectivity index (χ3v) is 9.76. The zero-order valence-electron chi connectivity index (χ0n) is 16.8. The lowest BCUT2D eigenvalue weighted by Crippen LogP contribution is -2.67. The molecule has 0 spiro atoms. The van der Waals surface area contributed by atoms with Crippen LogP contribution in [0.5, 0.6) is 0 Å². The van der Waals surface area contributed by atoms with Gasteiger partial charge in [-0.05, 0) is 20.9 Å². The molecular formula is C21H27N3O3Si. The average Bonchev–Trinajstić information content (AvgIpc) is 2.69. The van der Waals surface area contributed by atoms with Crippen LogP contribution in [0.2, 0.25) is 5.04 Å². The third kappa shape index (κ3) is 4.81. The predicted octanol–water partition coefficient (Wildman–Crippen LogP) is 3.81. The Kier molecular flexibility index (Phi) is 7.40. The van der Waals surface area contributed by atoms with Crippen molar-refractivity contribution in [1.29, 1.82) is 0 Å². The Morgan fingerprint density at radius 3 is 1.96 bits per heavy atom. The van der Waals surface area contributed by atoms with Gasteiger partial charge in [0.05, 0.1) is 19.6 Å². The van der Waals surface area contributed by atoms with Gasteiger partial charge in [-0.2, -0.15) is 0 Å². The summed E-state index contributed by atoms with van der Waals surface area (Å²) in [6, 6.07) is 19.7. The molecular weight excluding hydrogens is 370 g/mol. The molecule has 7 heteroatoms. The van der Waals surface area contributed by atoms with Crippen molar-refractivity contribution in [3.63, 3.8) is 0 Å². The number of hydrogen-bond acceptors (Lipinski definition) is 4. The fraction of sp³-hybridized carbons (Fsp3) is 0.381. The van der Waals surface area contributed by atoms with Crippen LogP contribution in [0.4, 0.5) is 0 Å². The van der Waals surface area contributed by atoms with Gasteiger partial charge < -0.3 is 9.16 Å². The van der Waals surface area contributed by atoms with Gasteiger partial charge in [-0.1, -0.05) is 86.5 Å². The standard InChI is InChI=1S/C21H27N3O3Si/c1-21(2,3)28(18-11-7-5-8-12-18,19-13-9-6-10-14-19)27-16-17(23-24-22)15-20(25)26-4/h5-14,17H,15-16H2,1-4H3. The number of ether oxygens (including phenoxy) is 1. The SMILES string of the molecule is COC(=O)CC(CO[Si](c1ccccc1)(c1ccccc1)C(C)(C)C)N=[N+]=[N-]. The number of hydrogen-bond donors (Lipinski definition) is 0. The first kappa shape index (κ1) is 21.7. The number of rotatable bonds is 8. The highest BCUT2D eigenvalue weighted by Gasteiger charge is 2.50. The lowest BCUT2D eigenvalue weighted by atomic mass is 10.2. The van der Waals surface area contributed by atoms with Crippen molar-refractivity contribution < 1.29 is 14.0 Å². The maximum Gasteiger partial charge on any atom is 0.306 e. The summed E-state index contributed by atoms with van der Waals surface area (Å²) in [6.45, 7) is 6.65. The van der Waals surface area contributed by atoms with Gasteiger partial charge in [0, 0.05) is 11.5 Å². The Bertz CT molecular complexity index is 776. The molecule has 6 nitrogen and oxygen atoms in total. The molecule has 0 saturated carbocycles. The number of nitrogens with zero attached hydrogens (tertiary/aromatic N) is 3. The molecule has 28 heavy (non-hydrogen) atoms. The van der Waals surface area contributed by atoms with Crippen molar-refractivity contribution in [2.45, 2.75) is 38.3 Å². The Hall–Kier alpha value is -2.60. The minimum Gasteiger partial charge on any atom is -0.469 e. The Morgan fingerprint density at radius 2 is 1.57 bits per heavy atom. The first-order valence-electron chi connectivity index (χ1n) is 9.21. The minimum atomic E-state index is -2.74. The van der Waals surface area contributed by atoms with E-state index in [1.54, 1.807) is 0 Å². The normalized spacial score (nSPS) is 12.7. The molecule has 0 amide bonds. The van der Waals surface area contributed by atoms with E-state index in [9.17, 15) is 4.79 Å². The van der Waals surface area contributed by atoms with Crippen LogP contribution in [-0.2, 0) is 14.0 Å². The second kappa shape index (κ2) is 9.55. The second-order valence-electron chi connectivity index (χ2n) is 7.61. The highest BCUT2D eigenvalue weighted by atomic mass is 28.4. The van der Waals surface area contributed by atoms with Crippen molar-refractivity contribution in [3.8, 4) is 0 Å². The van der Waals surface area contributed by atoms with Gasteiger partial charge in [0.1, 0.15) is 0 Å². The van der Waals surface area contributed by atoms with Crippen LogP contribution >= 0.6 is 0 Å². The first-order chi connectivity index (χ1) is 13.3. The highest BCUT2D eigenvalue weighted by molar-refractivity contribution is 6.99. The van der Waals surface area contributed by atoms with Gasteiger partial charge in [-0.3, -0.25) is 4.79 Å². The lowest BCUT2D eigenvalue weighted by molar-refractivity contribution is -0.141. The van der Waals surface area contributed by atoms with Crippen LogP contribution in [0.15, 0.2) is 65.8 Å². The van der Waals surface area contributed by atoms with Gasteiger partial charge in [-0.15, -0.1) is 0 Å². The van der Waals surface area contributed by atoms with Crippen molar-refractivity contribution in [2.24, 2.45) is 5.11 Å². The van der Waals surface area contributed by atoms with E-state index in [-0.39, 0.29) is 18.1 Å². The summed E-state index contributed by atoms with van der Waals surface area (Å²) in [7, 11) is -1.42. The molecule has 2 aromatic rings. The predicted molar refractivity (Wildman–Crippen MR) is 113 cm³/mol. The lowest BCUT2D eigenvalue weighted by Gasteiger charge is -2.43. The fourth-order valence-electron chi connectivity index (χ4n) is 3.46. The van der Waals surface area contributed by atoms with Crippen molar-refractivity contribution in [2.75, 3.05) is 13.7 Å². The van der Waals surface area contributed by atoms with Crippen LogP contribution in [0.3, 0.4) is 0 Å². The van der Waals surface area contributed by atoms with Crippen molar-refractivity contribution in [3.05, 3.63) is 71.1 Å². The molecule has 1 atom stereocenters. The molecule has 0 N–H and O–H groups in total. The topological polar surface area (TPSA) is 84.3 Å². The first-order valence-corrected chi connectivity index (χ1v) is 11.1. The smallest absolute Gasteiger partial charge is 0.306 e. The van der Waals surface area contributed by atoms with E-state index in [0.717, 1.165) is 10.4 Å². The van der Waals surface area contributed by atoms with Crippen LogP contribution < -0.4 is 10.4 Å². The summed E-state index contributed by atoms with van der Waals surface area (Å²) in [5.41, 5.74) is 8.91. The van der Waals surface area contributed by atoms with Gasteiger partial charge in [0.25, 0.3) is 8.32 Å². The molecule has 1 unspecified atom stereocenters. The Morgan fingerprint density at radius 1 is 1.07 bits per heavy atom. The molecule has 0 saturated heterocycles. The summed E-state index contributed by atoms with van der Waals surface area (Å²) in [4.78, 5) is 14.6. The van der Waals surface area contributed by atoms with Crippen molar-refractivity contribution >= 4 is 24.7 Å². The summed E-state index contributed by atoms with van der Waals surface area (Å²) in [6.07, 6.45) is -0.0151. The van der Waals surface area contributed by atoms with E-state index in [4.69, 9.17) is 14.7 Å². The quantitative estimate of drug-likeness (QED) is 0.223. The van der Waals surface area contributed by atoms with Crippen LogP contribution in [0.25, 0.3) is 10.4 Å². The number of carbonyl (C=O) groups is 1. The molecule has 0 aromatic heterocycles. The minimum absolute atomic E-state index is 0.0151. The fourth-order valence-corrected chi connectivity index (χ4v) is 8.06. The zero-order chi connectivity index (χ0) is 20.6. The number of esters is 1. The number of benzene rings is 2. The third-order valence-electron chi connectivity index (χ3n) is 4.75. The summed E-state index contributed by atoms with van der Waals surface area (Å²) in [5.74, 6) is -0.427. The highest BCUT2D eigenvalue weighted by Crippen LogP contribution is 2.36. The molecule has 0 aliphatic carbocycles. The molecule has 0 radical (unpaired) electrons. The number of carbonyl (C=O) groups excluding carboxylic acids is 1. The van der Waals surface area contributed by atoms with Gasteiger partial charge in [-0.25, -0.2) is 0 Å². The summed E-state index contributed by atoms with van der Waals surface area (Å²) in [5, 5.41) is 5.83. The van der Waals surface area contributed by atoms with E-state index < -0.39 is 20.3 Å². The van der Waals surface area contributed by atoms with Crippen LogP contribution in [0, 0.1) is 0 Å². The molecule has 0 heterocycles. The van der Waals surface area contributed by atoms with Crippen molar-refractivity contribution in [1.82, 2.24) is 0 Å². The number of methoxy groups -OCH3 is 1. The maximum absolute atomic E-state index is 11.7. The van der Waals surface area contributed by atoms with Crippen LogP contribution in [0.1, 0.15) is 27.2 Å². The Labute approximate surface area is 167 Å². The van der Waals surface area contributed by atoms with E-state index in [2.05, 4.69) is 55.1 Å². The molecule has 0 aliphatic heterocycles. The van der Waals surface area contributed by atoms with Gasteiger partial charge >= 0.3 is 5.97 Å². The van der Waals surface area contributed by atoms with E-state index in [0.29, 0.717) is 0 Å². The molecule has 148 valence electrons.